The Hall–Kier alpha value is -2.49. The first-order chi connectivity index (χ1) is 17.7. The number of hydrogen-bond donors (Lipinski definition) is 2. The number of hydrogen-bond acceptors (Lipinski definition) is 7. The maximum absolute atomic E-state index is 13.2. The summed E-state index contributed by atoms with van der Waals surface area (Å²) in [6.45, 7) is 8.77. The highest BCUT2D eigenvalue weighted by Crippen LogP contribution is 2.57. The second kappa shape index (κ2) is 10.3. The van der Waals surface area contributed by atoms with Gasteiger partial charge in [-0.2, -0.15) is 0 Å². The summed E-state index contributed by atoms with van der Waals surface area (Å²) in [5.41, 5.74) is 1.43. The van der Waals surface area contributed by atoms with Gasteiger partial charge in [-0.1, -0.05) is 20.8 Å². The maximum atomic E-state index is 13.2. The number of rotatable bonds is 5. The zero-order valence-corrected chi connectivity index (χ0v) is 22.8. The molecule has 1 aliphatic heterocycles. The van der Waals surface area contributed by atoms with E-state index in [2.05, 4.69) is 19.2 Å². The first-order valence-electron chi connectivity index (χ1n) is 13.2. The zero-order chi connectivity index (χ0) is 26.3. The van der Waals surface area contributed by atoms with E-state index < -0.39 is 6.10 Å². The van der Waals surface area contributed by atoms with Gasteiger partial charge >= 0.3 is 0 Å². The molecule has 0 bridgehead atoms. The van der Waals surface area contributed by atoms with Gasteiger partial charge in [-0.15, -0.1) is 11.3 Å². The lowest BCUT2D eigenvalue weighted by Crippen LogP contribution is -2.54. The second-order valence-electron chi connectivity index (χ2n) is 11.1. The Balaban J connectivity index is 1.32. The molecule has 5 rings (SSSR count). The van der Waals surface area contributed by atoms with Gasteiger partial charge in [-0.25, -0.2) is 4.98 Å². The summed E-state index contributed by atoms with van der Waals surface area (Å²) < 4.78 is 10.6. The van der Waals surface area contributed by atoms with Gasteiger partial charge in [0.15, 0.2) is 5.13 Å². The van der Waals surface area contributed by atoms with Gasteiger partial charge in [0.25, 0.3) is 5.91 Å². The fourth-order valence-corrected chi connectivity index (χ4v) is 8.03. The van der Waals surface area contributed by atoms with Crippen molar-refractivity contribution in [2.75, 3.05) is 38.7 Å². The van der Waals surface area contributed by atoms with Crippen LogP contribution in [-0.4, -0.2) is 66.3 Å². The number of fused-ring (bicyclic) bond motifs is 2. The summed E-state index contributed by atoms with van der Waals surface area (Å²) >= 11 is 1.53. The van der Waals surface area contributed by atoms with Gasteiger partial charge < -0.3 is 19.5 Å². The molecule has 1 saturated carbocycles. The number of methoxy groups -OCH3 is 1. The molecule has 8 nitrogen and oxygen atoms in total. The third-order valence-electron chi connectivity index (χ3n) is 8.85. The lowest BCUT2D eigenvalue weighted by atomic mass is 9.53. The average Bonchev–Trinajstić information content (AvgIpc) is 3.30. The van der Waals surface area contributed by atoms with Crippen molar-refractivity contribution in [3.05, 3.63) is 40.4 Å². The van der Waals surface area contributed by atoms with Crippen LogP contribution in [0.4, 0.5) is 5.13 Å². The van der Waals surface area contributed by atoms with Crippen LogP contribution < -0.4 is 10.1 Å². The van der Waals surface area contributed by atoms with E-state index in [9.17, 15) is 14.7 Å². The minimum Gasteiger partial charge on any atom is -0.497 e. The van der Waals surface area contributed by atoms with E-state index in [1.807, 2.05) is 11.8 Å². The standard InChI is InChI=1S/C28H37N3O5S/c1-16(26(34)31-11-13-36-14-12-31)20-9-10-28(3)15-21-23(17(2)22(28)24(20)32)29-27(37-21)30-25(33)18-5-7-19(35-4)8-6-18/h5-8,16-17,20,22,24,32H,9-15H2,1-4H3,(H,29,30,33)/t16-,17-,20+,22+,24-,28+/m0/s1. The predicted octanol–water partition coefficient (Wildman–Crippen LogP) is 3.95. The van der Waals surface area contributed by atoms with Crippen molar-refractivity contribution < 1.29 is 24.2 Å². The molecule has 37 heavy (non-hydrogen) atoms. The number of nitrogens with one attached hydrogen (secondary N) is 1. The molecule has 6 atom stereocenters. The molecule has 0 unspecified atom stereocenters. The Morgan fingerprint density at radius 2 is 1.97 bits per heavy atom. The van der Waals surface area contributed by atoms with Crippen molar-refractivity contribution in [2.45, 2.75) is 52.1 Å². The number of ether oxygens (including phenoxy) is 2. The number of amides is 2. The molecule has 3 aliphatic rings. The molecule has 0 radical (unpaired) electrons. The van der Waals surface area contributed by atoms with Gasteiger partial charge in [0.1, 0.15) is 5.75 Å². The average molecular weight is 528 g/mol. The van der Waals surface area contributed by atoms with Gasteiger partial charge in [0.2, 0.25) is 5.91 Å². The Bertz CT molecular complexity index is 1150. The number of aliphatic hydroxyl groups is 1. The van der Waals surface area contributed by atoms with Crippen LogP contribution in [-0.2, 0) is 16.0 Å². The third-order valence-corrected chi connectivity index (χ3v) is 9.84. The largest absolute Gasteiger partial charge is 0.497 e. The van der Waals surface area contributed by atoms with Gasteiger partial charge in [-0.3, -0.25) is 14.9 Å². The van der Waals surface area contributed by atoms with Gasteiger partial charge in [0, 0.05) is 35.4 Å². The molecule has 0 spiro atoms. The molecule has 2 fully saturated rings. The van der Waals surface area contributed by atoms with Crippen molar-refractivity contribution in [1.29, 1.82) is 0 Å². The summed E-state index contributed by atoms with van der Waals surface area (Å²) in [6.07, 6.45) is 2.02. The van der Waals surface area contributed by atoms with E-state index in [1.54, 1.807) is 31.4 Å². The van der Waals surface area contributed by atoms with E-state index in [-0.39, 0.29) is 40.9 Å². The molecular formula is C28H37N3O5S. The van der Waals surface area contributed by atoms with Crippen LogP contribution in [0.25, 0.3) is 0 Å². The monoisotopic (exact) mass is 527 g/mol. The second-order valence-corrected chi connectivity index (χ2v) is 12.2. The van der Waals surface area contributed by atoms with Crippen molar-refractivity contribution in [1.82, 2.24) is 9.88 Å². The number of carbonyl (C=O) groups is 2. The van der Waals surface area contributed by atoms with Crippen molar-refractivity contribution in [2.24, 2.45) is 23.2 Å². The number of morpholine rings is 1. The molecule has 1 aromatic carbocycles. The molecule has 1 saturated heterocycles. The highest BCUT2D eigenvalue weighted by atomic mass is 32.1. The summed E-state index contributed by atoms with van der Waals surface area (Å²) in [4.78, 5) is 33.9. The lowest BCUT2D eigenvalue weighted by Gasteiger charge is -2.53. The highest BCUT2D eigenvalue weighted by molar-refractivity contribution is 7.15. The number of benzene rings is 1. The quantitative estimate of drug-likeness (QED) is 0.611. The molecule has 2 heterocycles. The summed E-state index contributed by atoms with van der Waals surface area (Å²) in [7, 11) is 1.59. The zero-order valence-electron chi connectivity index (χ0n) is 22.0. The fraction of sp³-hybridized carbons (Fsp3) is 0.607. The SMILES string of the molecule is COc1ccc(C(=O)Nc2nc3c(s2)C[C@@]2(C)CC[C@H]([C@H](C)C(=O)N4CCOCC4)[C@H](O)[C@H]2[C@@H]3C)cc1. The van der Waals surface area contributed by atoms with E-state index in [0.717, 1.165) is 25.0 Å². The Morgan fingerprint density at radius 3 is 2.65 bits per heavy atom. The smallest absolute Gasteiger partial charge is 0.257 e. The van der Waals surface area contributed by atoms with Crippen molar-refractivity contribution in [3.8, 4) is 5.75 Å². The predicted molar refractivity (Wildman–Crippen MR) is 142 cm³/mol. The minimum absolute atomic E-state index is 0.00549. The number of aliphatic hydroxyl groups excluding tert-OH is 1. The molecule has 200 valence electrons. The van der Waals surface area contributed by atoms with Crippen LogP contribution in [0.1, 0.15) is 60.5 Å². The van der Waals surface area contributed by atoms with Crippen LogP contribution >= 0.6 is 11.3 Å². The topological polar surface area (TPSA) is 101 Å². The molecule has 2 aromatic rings. The van der Waals surface area contributed by atoms with E-state index >= 15 is 0 Å². The van der Waals surface area contributed by atoms with E-state index in [0.29, 0.717) is 42.7 Å². The summed E-state index contributed by atoms with van der Waals surface area (Å²) in [6, 6.07) is 6.99. The van der Waals surface area contributed by atoms with E-state index in [1.165, 1.54) is 16.2 Å². The van der Waals surface area contributed by atoms with Crippen LogP contribution in [0, 0.1) is 23.2 Å². The molecular weight excluding hydrogens is 490 g/mol. The molecule has 2 amide bonds. The van der Waals surface area contributed by atoms with E-state index in [4.69, 9.17) is 14.5 Å². The minimum atomic E-state index is -0.582. The third kappa shape index (κ3) is 4.89. The number of nitrogens with zero attached hydrogens (tertiary/aromatic N) is 2. The van der Waals surface area contributed by atoms with Crippen molar-refractivity contribution >= 4 is 28.3 Å². The normalized spacial score (nSPS) is 30.1. The Kier molecular flexibility index (Phi) is 7.31. The number of thiazole rings is 1. The van der Waals surface area contributed by atoms with Crippen LogP contribution in [0.5, 0.6) is 5.75 Å². The fourth-order valence-electron chi connectivity index (χ4n) is 6.77. The van der Waals surface area contributed by atoms with Gasteiger partial charge in [0.05, 0.1) is 32.1 Å². The molecule has 2 aliphatic carbocycles. The van der Waals surface area contributed by atoms with Crippen LogP contribution in [0.3, 0.4) is 0 Å². The maximum Gasteiger partial charge on any atom is 0.257 e. The number of anilines is 1. The number of aromatic nitrogens is 1. The van der Waals surface area contributed by atoms with Crippen molar-refractivity contribution in [3.63, 3.8) is 0 Å². The summed E-state index contributed by atoms with van der Waals surface area (Å²) in [5.74, 6) is 0.332. The molecule has 1 aromatic heterocycles. The number of carbonyl (C=O) groups excluding carboxylic acids is 2. The van der Waals surface area contributed by atoms with Gasteiger partial charge in [-0.05, 0) is 60.8 Å². The Labute approximate surface area is 222 Å². The molecule has 2 N–H and O–H groups in total. The Morgan fingerprint density at radius 1 is 1.27 bits per heavy atom. The van der Waals surface area contributed by atoms with Crippen LogP contribution in [0.2, 0.25) is 0 Å². The lowest BCUT2D eigenvalue weighted by molar-refractivity contribution is -0.148. The van der Waals surface area contributed by atoms with Crippen LogP contribution in [0.15, 0.2) is 24.3 Å². The highest BCUT2D eigenvalue weighted by Gasteiger charge is 2.54. The summed E-state index contributed by atoms with van der Waals surface area (Å²) in [5, 5.41) is 15.2. The first-order valence-corrected chi connectivity index (χ1v) is 14.0. The first kappa shape index (κ1) is 26.1. The molecule has 9 heteroatoms.